The number of fused-ring (bicyclic) bond motifs is 2. The molecule has 1 aromatic carbocycles. The monoisotopic (exact) mass is 251 g/mol. The third kappa shape index (κ3) is 1.68. The van der Waals surface area contributed by atoms with Crippen molar-refractivity contribution in [2.24, 2.45) is 0 Å². The molecule has 3 aromatic heterocycles. The van der Waals surface area contributed by atoms with Gasteiger partial charge in [0.2, 0.25) is 5.95 Å². The zero-order valence-electron chi connectivity index (χ0n) is 9.78. The summed E-state index contributed by atoms with van der Waals surface area (Å²) in [4.78, 5) is 4.37. The minimum atomic E-state index is 0.550. The summed E-state index contributed by atoms with van der Waals surface area (Å²) in [5.41, 5.74) is 3.30. The van der Waals surface area contributed by atoms with Crippen molar-refractivity contribution in [3.63, 3.8) is 0 Å². The lowest BCUT2D eigenvalue weighted by Crippen LogP contribution is -1.93. The first-order valence-corrected chi connectivity index (χ1v) is 5.77. The summed E-state index contributed by atoms with van der Waals surface area (Å²) in [5.74, 6) is 0.550. The number of hydrogen-bond acceptors (Lipinski definition) is 5. The van der Waals surface area contributed by atoms with E-state index >= 15 is 0 Å². The highest BCUT2D eigenvalue weighted by molar-refractivity contribution is 5.78. The Kier molecular flexibility index (Phi) is 1.99. The molecule has 0 saturated heterocycles. The van der Waals surface area contributed by atoms with E-state index in [1.54, 1.807) is 4.52 Å². The Labute approximate surface area is 107 Å². The van der Waals surface area contributed by atoms with Crippen molar-refractivity contribution in [3.05, 3.63) is 42.6 Å². The molecule has 0 amide bonds. The summed E-state index contributed by atoms with van der Waals surface area (Å²) >= 11 is 0. The number of nitrogens with zero attached hydrogens (tertiary/aromatic N) is 5. The van der Waals surface area contributed by atoms with Crippen LogP contribution < -0.4 is 5.32 Å². The molecular weight excluding hydrogens is 242 g/mol. The van der Waals surface area contributed by atoms with Gasteiger partial charge in [-0.05, 0) is 30.3 Å². The highest BCUT2D eigenvalue weighted by Crippen LogP contribution is 2.18. The van der Waals surface area contributed by atoms with Gasteiger partial charge in [0.1, 0.15) is 11.0 Å². The van der Waals surface area contributed by atoms with Crippen molar-refractivity contribution in [3.8, 4) is 0 Å². The number of benzene rings is 1. The van der Waals surface area contributed by atoms with Gasteiger partial charge in [-0.15, -0.1) is 5.10 Å². The number of rotatable bonds is 2. The van der Waals surface area contributed by atoms with Crippen LogP contribution in [-0.2, 0) is 0 Å². The number of aromatic nitrogens is 6. The normalized spacial score (nSPS) is 11.2. The zero-order chi connectivity index (χ0) is 12.7. The fraction of sp³-hybridized carbons (Fsp3) is 0. The minimum absolute atomic E-state index is 0.550. The predicted molar refractivity (Wildman–Crippen MR) is 70.2 cm³/mol. The molecule has 0 spiro atoms. The molecule has 0 atom stereocenters. The van der Waals surface area contributed by atoms with Crippen LogP contribution in [0.25, 0.3) is 16.7 Å². The Hall–Kier alpha value is -2.96. The Balaban J connectivity index is 1.72. The standard InChI is InChI=1S/C12H9N7/c1-2-6-19-11(3-1)14-12(17-19)13-8-4-5-9-10(7-8)16-18-15-9/h1-7H,(H,13,17)(H,15,16,18). The second-order valence-corrected chi connectivity index (χ2v) is 4.09. The maximum absolute atomic E-state index is 4.37. The van der Waals surface area contributed by atoms with Crippen molar-refractivity contribution in [2.75, 3.05) is 5.32 Å². The van der Waals surface area contributed by atoms with Crippen LogP contribution in [-0.4, -0.2) is 30.0 Å². The average Bonchev–Trinajstić information content (AvgIpc) is 3.03. The number of H-pyrrole nitrogens is 1. The summed E-state index contributed by atoms with van der Waals surface area (Å²) in [6.45, 7) is 0. The number of aromatic amines is 1. The first-order chi connectivity index (χ1) is 9.38. The first kappa shape index (κ1) is 10.0. The fourth-order valence-electron chi connectivity index (χ4n) is 1.93. The van der Waals surface area contributed by atoms with E-state index in [1.807, 2.05) is 42.6 Å². The maximum Gasteiger partial charge on any atom is 0.247 e. The molecule has 0 radical (unpaired) electrons. The van der Waals surface area contributed by atoms with Gasteiger partial charge in [0.05, 0.1) is 0 Å². The van der Waals surface area contributed by atoms with Gasteiger partial charge in [0, 0.05) is 11.9 Å². The van der Waals surface area contributed by atoms with Gasteiger partial charge in [-0.1, -0.05) is 6.07 Å². The van der Waals surface area contributed by atoms with Crippen LogP contribution in [0.2, 0.25) is 0 Å². The maximum atomic E-state index is 4.37. The van der Waals surface area contributed by atoms with Gasteiger partial charge in [0.25, 0.3) is 0 Å². The lowest BCUT2D eigenvalue weighted by molar-refractivity contribution is 0.959. The van der Waals surface area contributed by atoms with Crippen molar-refractivity contribution >= 4 is 28.3 Å². The Morgan fingerprint density at radius 3 is 2.95 bits per heavy atom. The number of pyridine rings is 1. The van der Waals surface area contributed by atoms with E-state index < -0.39 is 0 Å². The van der Waals surface area contributed by atoms with Crippen LogP contribution in [0.15, 0.2) is 42.6 Å². The van der Waals surface area contributed by atoms with Gasteiger partial charge in [-0.3, -0.25) is 0 Å². The summed E-state index contributed by atoms with van der Waals surface area (Å²) < 4.78 is 1.72. The van der Waals surface area contributed by atoms with Gasteiger partial charge >= 0.3 is 0 Å². The predicted octanol–water partition coefficient (Wildman–Crippen LogP) is 1.74. The third-order valence-corrected chi connectivity index (χ3v) is 2.81. The van der Waals surface area contributed by atoms with E-state index in [2.05, 4.69) is 30.8 Å². The van der Waals surface area contributed by atoms with E-state index in [0.29, 0.717) is 5.95 Å². The van der Waals surface area contributed by atoms with Crippen molar-refractivity contribution in [1.82, 2.24) is 30.0 Å². The molecule has 0 unspecified atom stereocenters. The Morgan fingerprint density at radius 2 is 2.00 bits per heavy atom. The van der Waals surface area contributed by atoms with Crippen LogP contribution in [0.5, 0.6) is 0 Å². The highest BCUT2D eigenvalue weighted by Gasteiger charge is 2.04. The highest BCUT2D eigenvalue weighted by atomic mass is 15.3. The summed E-state index contributed by atoms with van der Waals surface area (Å²) in [5, 5.41) is 18.1. The lowest BCUT2D eigenvalue weighted by Gasteiger charge is -1.99. The second-order valence-electron chi connectivity index (χ2n) is 4.09. The molecule has 3 heterocycles. The second kappa shape index (κ2) is 3.77. The third-order valence-electron chi connectivity index (χ3n) is 2.81. The SMILES string of the molecule is c1ccn2nc(Nc3ccc4n[nH]nc4c3)nc2c1. The molecule has 4 aromatic rings. The fourth-order valence-corrected chi connectivity index (χ4v) is 1.93. The zero-order valence-corrected chi connectivity index (χ0v) is 9.78. The summed E-state index contributed by atoms with van der Waals surface area (Å²) in [6, 6.07) is 11.4. The molecule has 0 fully saturated rings. The van der Waals surface area contributed by atoms with Gasteiger partial charge in [0.15, 0.2) is 5.65 Å². The van der Waals surface area contributed by atoms with Crippen molar-refractivity contribution in [2.45, 2.75) is 0 Å². The van der Waals surface area contributed by atoms with E-state index in [9.17, 15) is 0 Å². The van der Waals surface area contributed by atoms with E-state index in [4.69, 9.17) is 0 Å². The largest absolute Gasteiger partial charge is 0.323 e. The number of hydrogen-bond donors (Lipinski definition) is 2. The van der Waals surface area contributed by atoms with Crippen LogP contribution in [0.1, 0.15) is 0 Å². The average molecular weight is 251 g/mol. The molecule has 0 saturated carbocycles. The first-order valence-electron chi connectivity index (χ1n) is 5.77. The molecule has 92 valence electrons. The van der Waals surface area contributed by atoms with E-state index in [0.717, 1.165) is 22.4 Å². The van der Waals surface area contributed by atoms with E-state index in [-0.39, 0.29) is 0 Å². The van der Waals surface area contributed by atoms with Gasteiger partial charge in [-0.2, -0.15) is 20.4 Å². The molecule has 7 heteroatoms. The lowest BCUT2D eigenvalue weighted by atomic mass is 10.3. The molecular formula is C12H9N7. The molecule has 7 nitrogen and oxygen atoms in total. The smallest absolute Gasteiger partial charge is 0.247 e. The molecule has 19 heavy (non-hydrogen) atoms. The molecule has 0 aliphatic rings. The van der Waals surface area contributed by atoms with Crippen molar-refractivity contribution in [1.29, 1.82) is 0 Å². The molecule has 4 rings (SSSR count). The summed E-state index contributed by atoms with van der Waals surface area (Å²) in [7, 11) is 0. The summed E-state index contributed by atoms with van der Waals surface area (Å²) in [6.07, 6.45) is 1.86. The number of nitrogens with one attached hydrogen (secondary N) is 2. The van der Waals surface area contributed by atoms with Crippen LogP contribution in [0.3, 0.4) is 0 Å². The van der Waals surface area contributed by atoms with Crippen LogP contribution >= 0.6 is 0 Å². The molecule has 0 aliphatic carbocycles. The minimum Gasteiger partial charge on any atom is -0.323 e. The van der Waals surface area contributed by atoms with Crippen molar-refractivity contribution < 1.29 is 0 Å². The quantitative estimate of drug-likeness (QED) is 0.567. The van der Waals surface area contributed by atoms with Gasteiger partial charge < -0.3 is 5.32 Å². The molecule has 2 N–H and O–H groups in total. The van der Waals surface area contributed by atoms with E-state index in [1.165, 1.54) is 0 Å². The topological polar surface area (TPSA) is 83.8 Å². The van der Waals surface area contributed by atoms with Gasteiger partial charge in [-0.25, -0.2) is 4.52 Å². The molecule has 0 bridgehead atoms. The Bertz CT molecular complexity index is 827. The van der Waals surface area contributed by atoms with Crippen LogP contribution in [0, 0.1) is 0 Å². The van der Waals surface area contributed by atoms with Crippen LogP contribution in [0.4, 0.5) is 11.6 Å². The number of anilines is 2. The Morgan fingerprint density at radius 1 is 1.05 bits per heavy atom. The molecule has 0 aliphatic heterocycles.